The standard InChI is InChI=1S/C12H16BrNOS/c1-9(16-2)12(15)14-8-7-10-5-3-4-6-11(10)13/h3-6,9H,7-8H2,1-2H3,(H,14,15)/t9-/m0/s1. The van der Waals surface area contributed by atoms with Crippen LogP contribution in [0.3, 0.4) is 0 Å². The molecule has 88 valence electrons. The van der Waals surface area contributed by atoms with Crippen LogP contribution in [-0.4, -0.2) is 24.0 Å². The SMILES string of the molecule is CS[C@@H](C)C(=O)NCCc1ccccc1Br. The fraction of sp³-hybridized carbons (Fsp3) is 0.417. The van der Waals surface area contributed by atoms with Crippen molar-refractivity contribution in [3.05, 3.63) is 34.3 Å². The Bertz CT molecular complexity index is 357. The van der Waals surface area contributed by atoms with Crippen LogP contribution in [0.25, 0.3) is 0 Å². The molecule has 0 radical (unpaired) electrons. The second-order valence-electron chi connectivity index (χ2n) is 3.51. The molecule has 1 atom stereocenters. The van der Waals surface area contributed by atoms with E-state index in [-0.39, 0.29) is 11.2 Å². The minimum atomic E-state index is 0.0271. The Morgan fingerprint density at radius 1 is 1.50 bits per heavy atom. The molecule has 0 saturated carbocycles. The van der Waals surface area contributed by atoms with Crippen molar-refractivity contribution in [2.45, 2.75) is 18.6 Å². The third-order valence-corrected chi connectivity index (χ3v) is 4.07. The van der Waals surface area contributed by atoms with E-state index in [4.69, 9.17) is 0 Å². The van der Waals surface area contributed by atoms with Crippen LogP contribution in [0, 0.1) is 0 Å². The number of hydrogen-bond acceptors (Lipinski definition) is 2. The number of carbonyl (C=O) groups excluding carboxylic acids is 1. The number of thioether (sulfide) groups is 1. The van der Waals surface area contributed by atoms with E-state index in [2.05, 4.69) is 27.3 Å². The minimum absolute atomic E-state index is 0.0271. The molecule has 0 spiro atoms. The Kier molecular flexibility index (Phi) is 5.91. The first-order valence-corrected chi connectivity index (χ1v) is 7.27. The Balaban J connectivity index is 2.36. The molecule has 1 aromatic carbocycles. The number of carbonyl (C=O) groups is 1. The summed E-state index contributed by atoms with van der Waals surface area (Å²) in [6, 6.07) is 8.07. The third kappa shape index (κ3) is 4.18. The van der Waals surface area contributed by atoms with E-state index >= 15 is 0 Å². The summed E-state index contributed by atoms with van der Waals surface area (Å²) in [5.74, 6) is 0.111. The van der Waals surface area contributed by atoms with Crippen molar-refractivity contribution in [3.8, 4) is 0 Å². The fourth-order valence-electron chi connectivity index (χ4n) is 1.27. The van der Waals surface area contributed by atoms with Crippen LogP contribution >= 0.6 is 27.7 Å². The normalized spacial score (nSPS) is 12.2. The average Bonchev–Trinajstić information content (AvgIpc) is 2.30. The van der Waals surface area contributed by atoms with E-state index in [0.717, 1.165) is 10.9 Å². The van der Waals surface area contributed by atoms with E-state index in [1.807, 2.05) is 31.4 Å². The van der Waals surface area contributed by atoms with Gasteiger partial charge in [0, 0.05) is 11.0 Å². The summed E-state index contributed by atoms with van der Waals surface area (Å²) in [4.78, 5) is 11.5. The van der Waals surface area contributed by atoms with Gasteiger partial charge in [0.2, 0.25) is 5.91 Å². The zero-order valence-electron chi connectivity index (χ0n) is 9.50. The number of nitrogens with one attached hydrogen (secondary N) is 1. The average molecular weight is 302 g/mol. The molecule has 0 fully saturated rings. The van der Waals surface area contributed by atoms with Crippen molar-refractivity contribution in [2.75, 3.05) is 12.8 Å². The van der Waals surface area contributed by atoms with Gasteiger partial charge in [-0.25, -0.2) is 0 Å². The van der Waals surface area contributed by atoms with Crippen molar-refractivity contribution >= 4 is 33.6 Å². The van der Waals surface area contributed by atoms with E-state index in [1.54, 1.807) is 11.8 Å². The van der Waals surface area contributed by atoms with Gasteiger partial charge >= 0.3 is 0 Å². The van der Waals surface area contributed by atoms with Crippen LogP contribution in [0.4, 0.5) is 0 Å². The summed E-state index contributed by atoms with van der Waals surface area (Å²) < 4.78 is 1.10. The lowest BCUT2D eigenvalue weighted by Gasteiger charge is -2.10. The molecule has 0 aliphatic rings. The van der Waals surface area contributed by atoms with Crippen LogP contribution in [0.5, 0.6) is 0 Å². The quantitative estimate of drug-likeness (QED) is 0.906. The Morgan fingerprint density at radius 3 is 2.81 bits per heavy atom. The summed E-state index contributed by atoms with van der Waals surface area (Å²) in [7, 11) is 0. The number of halogens is 1. The summed E-state index contributed by atoms with van der Waals surface area (Å²) in [6.07, 6.45) is 2.80. The molecular formula is C12H16BrNOS. The highest BCUT2D eigenvalue weighted by atomic mass is 79.9. The van der Waals surface area contributed by atoms with Crippen LogP contribution in [0.1, 0.15) is 12.5 Å². The van der Waals surface area contributed by atoms with Gasteiger partial charge in [-0.1, -0.05) is 34.1 Å². The molecule has 16 heavy (non-hydrogen) atoms. The molecule has 1 rings (SSSR count). The van der Waals surface area contributed by atoms with E-state index in [9.17, 15) is 4.79 Å². The second-order valence-corrected chi connectivity index (χ2v) is 5.54. The van der Waals surface area contributed by atoms with Gasteiger partial charge < -0.3 is 5.32 Å². The van der Waals surface area contributed by atoms with Gasteiger partial charge in [-0.05, 0) is 31.2 Å². The second kappa shape index (κ2) is 6.97. The molecule has 1 aromatic rings. The highest BCUT2D eigenvalue weighted by molar-refractivity contribution is 9.10. The Hall–Kier alpha value is -0.480. The lowest BCUT2D eigenvalue weighted by Crippen LogP contribution is -2.32. The molecule has 2 nitrogen and oxygen atoms in total. The molecule has 0 aliphatic heterocycles. The lowest BCUT2D eigenvalue weighted by molar-refractivity contribution is -0.120. The van der Waals surface area contributed by atoms with Crippen LogP contribution in [-0.2, 0) is 11.2 Å². The van der Waals surface area contributed by atoms with Gasteiger partial charge in [0.25, 0.3) is 0 Å². The maximum Gasteiger partial charge on any atom is 0.232 e. The van der Waals surface area contributed by atoms with Crippen molar-refractivity contribution in [1.29, 1.82) is 0 Å². The van der Waals surface area contributed by atoms with Crippen molar-refractivity contribution in [3.63, 3.8) is 0 Å². The number of rotatable bonds is 5. The lowest BCUT2D eigenvalue weighted by atomic mass is 10.1. The molecule has 1 N–H and O–H groups in total. The van der Waals surface area contributed by atoms with Crippen LogP contribution in [0.2, 0.25) is 0 Å². The van der Waals surface area contributed by atoms with Crippen LogP contribution in [0.15, 0.2) is 28.7 Å². The van der Waals surface area contributed by atoms with Crippen LogP contribution < -0.4 is 5.32 Å². The molecular weight excluding hydrogens is 286 g/mol. The molecule has 1 amide bonds. The fourth-order valence-corrected chi connectivity index (χ4v) is 2.05. The first kappa shape index (κ1) is 13.6. The van der Waals surface area contributed by atoms with Gasteiger partial charge in [-0.3, -0.25) is 4.79 Å². The van der Waals surface area contributed by atoms with Crippen molar-refractivity contribution in [2.24, 2.45) is 0 Å². The maximum atomic E-state index is 11.5. The topological polar surface area (TPSA) is 29.1 Å². The Labute approximate surface area is 109 Å². The number of benzene rings is 1. The van der Waals surface area contributed by atoms with E-state index in [0.29, 0.717) is 6.54 Å². The van der Waals surface area contributed by atoms with E-state index in [1.165, 1.54) is 5.56 Å². The Morgan fingerprint density at radius 2 is 2.19 bits per heavy atom. The third-order valence-electron chi connectivity index (χ3n) is 2.37. The molecule has 0 aromatic heterocycles. The largest absolute Gasteiger partial charge is 0.355 e. The predicted molar refractivity (Wildman–Crippen MR) is 73.8 cm³/mol. The first-order valence-electron chi connectivity index (χ1n) is 5.19. The van der Waals surface area contributed by atoms with Crippen molar-refractivity contribution in [1.82, 2.24) is 5.32 Å². The molecule has 0 saturated heterocycles. The van der Waals surface area contributed by atoms with Gasteiger partial charge in [0.05, 0.1) is 5.25 Å². The summed E-state index contributed by atoms with van der Waals surface area (Å²) in [5.41, 5.74) is 1.22. The number of amides is 1. The first-order chi connectivity index (χ1) is 7.65. The number of hydrogen-bond donors (Lipinski definition) is 1. The molecule has 0 unspecified atom stereocenters. The zero-order chi connectivity index (χ0) is 12.0. The molecule has 0 heterocycles. The van der Waals surface area contributed by atoms with Gasteiger partial charge in [0.1, 0.15) is 0 Å². The highest BCUT2D eigenvalue weighted by Gasteiger charge is 2.09. The summed E-state index contributed by atoms with van der Waals surface area (Å²) in [5, 5.41) is 2.96. The van der Waals surface area contributed by atoms with E-state index < -0.39 is 0 Å². The van der Waals surface area contributed by atoms with Gasteiger partial charge in [-0.2, -0.15) is 11.8 Å². The smallest absolute Gasteiger partial charge is 0.232 e. The zero-order valence-corrected chi connectivity index (χ0v) is 11.9. The molecule has 4 heteroatoms. The summed E-state index contributed by atoms with van der Waals surface area (Å²) in [6.45, 7) is 2.60. The minimum Gasteiger partial charge on any atom is -0.355 e. The van der Waals surface area contributed by atoms with Gasteiger partial charge in [0.15, 0.2) is 0 Å². The van der Waals surface area contributed by atoms with Gasteiger partial charge in [-0.15, -0.1) is 0 Å². The van der Waals surface area contributed by atoms with Crippen molar-refractivity contribution < 1.29 is 4.79 Å². The molecule has 0 aliphatic carbocycles. The molecule has 0 bridgehead atoms. The summed E-state index contributed by atoms with van der Waals surface area (Å²) >= 11 is 5.05. The highest BCUT2D eigenvalue weighted by Crippen LogP contribution is 2.15. The predicted octanol–water partition coefficient (Wildman–Crippen LogP) is 2.86. The maximum absolute atomic E-state index is 11.5. The monoisotopic (exact) mass is 301 g/mol.